The van der Waals surface area contributed by atoms with Crippen LogP contribution in [0, 0.1) is 0 Å². The summed E-state index contributed by atoms with van der Waals surface area (Å²) in [5.74, 6) is -0.593. The van der Waals surface area contributed by atoms with Crippen molar-refractivity contribution in [3.05, 3.63) is 65.2 Å². The molecule has 2 rings (SSSR count). The highest BCUT2D eigenvalue weighted by molar-refractivity contribution is 6.35. The molecule has 2 amide bonds. The largest absolute Gasteiger partial charge is 0.497 e. The fraction of sp³-hybridized carbons (Fsp3) is 0.222. The van der Waals surface area contributed by atoms with Crippen molar-refractivity contribution in [2.24, 2.45) is 5.73 Å². The van der Waals surface area contributed by atoms with Crippen LogP contribution in [0.3, 0.4) is 0 Å². The summed E-state index contributed by atoms with van der Waals surface area (Å²) in [5, 5.41) is 5.18. The Bertz CT molecular complexity index is 699. The second kappa shape index (κ2) is 8.69. The lowest BCUT2D eigenvalue weighted by Crippen LogP contribution is -2.39. The van der Waals surface area contributed by atoms with Gasteiger partial charge in [-0.25, -0.2) is 0 Å². The molecule has 0 spiro atoms. The first kappa shape index (κ1) is 17.5. The van der Waals surface area contributed by atoms with Gasteiger partial charge in [0, 0.05) is 19.6 Å². The third-order valence-corrected chi connectivity index (χ3v) is 3.50. The molecule has 2 aromatic carbocycles. The summed E-state index contributed by atoms with van der Waals surface area (Å²) in [6.07, 6.45) is 0. The predicted molar refractivity (Wildman–Crippen MR) is 91.0 cm³/mol. The molecule has 6 nitrogen and oxygen atoms in total. The highest BCUT2D eigenvalue weighted by Gasteiger charge is 2.12. The van der Waals surface area contributed by atoms with Crippen LogP contribution in [0.25, 0.3) is 0 Å². The molecule has 4 N–H and O–H groups in total. The molecule has 0 heterocycles. The average molecular weight is 327 g/mol. The van der Waals surface area contributed by atoms with Crippen molar-refractivity contribution in [1.29, 1.82) is 0 Å². The zero-order chi connectivity index (χ0) is 17.4. The quantitative estimate of drug-likeness (QED) is 0.692. The van der Waals surface area contributed by atoms with Gasteiger partial charge in [-0.05, 0) is 28.8 Å². The van der Waals surface area contributed by atoms with Crippen LogP contribution in [0.4, 0.5) is 0 Å². The van der Waals surface area contributed by atoms with E-state index in [1.54, 1.807) is 19.2 Å². The van der Waals surface area contributed by atoms with Gasteiger partial charge in [0.2, 0.25) is 0 Å². The second-order valence-corrected chi connectivity index (χ2v) is 5.24. The number of hydrogen-bond donors (Lipinski definition) is 3. The van der Waals surface area contributed by atoms with Crippen LogP contribution < -0.4 is 21.1 Å². The Labute approximate surface area is 141 Å². The van der Waals surface area contributed by atoms with E-state index in [9.17, 15) is 9.59 Å². The van der Waals surface area contributed by atoms with Crippen molar-refractivity contribution >= 4 is 11.8 Å². The van der Waals surface area contributed by atoms with Crippen molar-refractivity contribution < 1.29 is 14.3 Å². The molecule has 24 heavy (non-hydrogen) atoms. The number of ether oxygens (including phenoxy) is 1. The molecule has 2 aromatic rings. The summed E-state index contributed by atoms with van der Waals surface area (Å²) in [7, 11) is 1.59. The Morgan fingerprint density at radius 2 is 1.50 bits per heavy atom. The Kier molecular flexibility index (Phi) is 6.33. The summed E-state index contributed by atoms with van der Waals surface area (Å²) in [6, 6.07) is 14.8. The molecule has 0 aromatic heterocycles. The SMILES string of the molecule is COc1ccc(CNC(=O)C(=O)NCc2cccc(CN)c2)cc1. The average Bonchev–Trinajstić information content (AvgIpc) is 2.64. The Balaban J connectivity index is 1.79. The van der Waals surface area contributed by atoms with Gasteiger partial charge in [0.25, 0.3) is 0 Å². The van der Waals surface area contributed by atoms with E-state index in [2.05, 4.69) is 10.6 Å². The molecule has 0 atom stereocenters. The van der Waals surface area contributed by atoms with Crippen LogP contribution in [-0.4, -0.2) is 18.9 Å². The van der Waals surface area contributed by atoms with Gasteiger partial charge in [-0.3, -0.25) is 9.59 Å². The number of carbonyl (C=O) groups is 2. The lowest BCUT2D eigenvalue weighted by atomic mass is 10.1. The first-order chi connectivity index (χ1) is 11.6. The van der Waals surface area contributed by atoms with Crippen LogP contribution in [0.5, 0.6) is 5.75 Å². The second-order valence-electron chi connectivity index (χ2n) is 5.24. The highest BCUT2D eigenvalue weighted by atomic mass is 16.5. The van der Waals surface area contributed by atoms with Gasteiger partial charge in [-0.2, -0.15) is 0 Å². The molecular weight excluding hydrogens is 306 g/mol. The maximum atomic E-state index is 11.8. The molecule has 0 bridgehead atoms. The third-order valence-electron chi connectivity index (χ3n) is 3.50. The number of nitrogens with one attached hydrogen (secondary N) is 2. The van der Waals surface area contributed by atoms with Gasteiger partial charge in [-0.1, -0.05) is 36.4 Å². The minimum Gasteiger partial charge on any atom is -0.497 e. The van der Waals surface area contributed by atoms with Crippen molar-refractivity contribution in [1.82, 2.24) is 10.6 Å². The van der Waals surface area contributed by atoms with Gasteiger partial charge in [0.15, 0.2) is 0 Å². The zero-order valence-electron chi connectivity index (χ0n) is 13.5. The smallest absolute Gasteiger partial charge is 0.309 e. The molecule has 0 saturated heterocycles. The van der Waals surface area contributed by atoms with Crippen LogP contribution in [0.2, 0.25) is 0 Å². The van der Waals surface area contributed by atoms with Gasteiger partial charge < -0.3 is 21.1 Å². The predicted octanol–water partition coefficient (Wildman–Crippen LogP) is 1.09. The Morgan fingerprint density at radius 3 is 2.08 bits per heavy atom. The van der Waals surface area contributed by atoms with Crippen LogP contribution in [-0.2, 0) is 29.2 Å². The highest BCUT2D eigenvalue weighted by Crippen LogP contribution is 2.10. The molecule has 0 radical (unpaired) electrons. The minimum atomic E-state index is -0.666. The fourth-order valence-electron chi connectivity index (χ4n) is 2.14. The molecule has 126 valence electrons. The normalized spacial score (nSPS) is 10.1. The lowest BCUT2D eigenvalue weighted by Gasteiger charge is -2.08. The van der Waals surface area contributed by atoms with E-state index in [0.717, 1.165) is 22.4 Å². The summed E-state index contributed by atoms with van der Waals surface area (Å²) < 4.78 is 5.06. The van der Waals surface area contributed by atoms with E-state index >= 15 is 0 Å². The first-order valence-electron chi connectivity index (χ1n) is 7.59. The van der Waals surface area contributed by atoms with Crippen LogP contribution in [0.15, 0.2) is 48.5 Å². The van der Waals surface area contributed by atoms with E-state index in [4.69, 9.17) is 10.5 Å². The van der Waals surface area contributed by atoms with Gasteiger partial charge in [0.05, 0.1) is 7.11 Å². The topological polar surface area (TPSA) is 93.4 Å². The van der Waals surface area contributed by atoms with Crippen molar-refractivity contribution in [3.8, 4) is 5.75 Å². The van der Waals surface area contributed by atoms with Crippen LogP contribution in [0.1, 0.15) is 16.7 Å². The Hall–Kier alpha value is -2.86. The van der Waals surface area contributed by atoms with Crippen molar-refractivity contribution in [2.45, 2.75) is 19.6 Å². The van der Waals surface area contributed by atoms with Gasteiger partial charge in [0.1, 0.15) is 5.75 Å². The number of nitrogens with two attached hydrogens (primary N) is 1. The number of hydrogen-bond acceptors (Lipinski definition) is 4. The molecule has 0 aliphatic rings. The third kappa shape index (κ3) is 5.10. The zero-order valence-corrected chi connectivity index (χ0v) is 13.5. The summed E-state index contributed by atoms with van der Waals surface area (Å²) >= 11 is 0. The molecule has 0 aliphatic carbocycles. The standard InChI is InChI=1S/C18H21N3O3/c1-24-16-7-5-13(6-8-16)11-20-17(22)18(23)21-12-15-4-2-3-14(9-15)10-19/h2-9H,10-12,19H2,1H3,(H,20,22)(H,21,23). The van der Waals surface area contributed by atoms with E-state index < -0.39 is 11.8 Å². The maximum absolute atomic E-state index is 11.8. The van der Waals surface area contributed by atoms with E-state index in [0.29, 0.717) is 6.54 Å². The van der Waals surface area contributed by atoms with E-state index in [-0.39, 0.29) is 13.1 Å². The lowest BCUT2D eigenvalue weighted by molar-refractivity contribution is -0.139. The van der Waals surface area contributed by atoms with Gasteiger partial charge in [-0.15, -0.1) is 0 Å². The summed E-state index contributed by atoms with van der Waals surface area (Å²) in [4.78, 5) is 23.6. The molecule has 0 fully saturated rings. The molecular formula is C18H21N3O3. The number of carbonyl (C=O) groups excluding carboxylic acids is 2. The first-order valence-corrected chi connectivity index (χ1v) is 7.59. The number of rotatable bonds is 6. The molecule has 0 aliphatic heterocycles. The van der Waals surface area contributed by atoms with Crippen molar-refractivity contribution in [2.75, 3.05) is 7.11 Å². The minimum absolute atomic E-state index is 0.277. The number of benzene rings is 2. The summed E-state index contributed by atoms with van der Waals surface area (Å²) in [6.45, 7) is 0.992. The van der Waals surface area contributed by atoms with E-state index in [1.807, 2.05) is 36.4 Å². The molecule has 0 saturated carbocycles. The van der Waals surface area contributed by atoms with E-state index in [1.165, 1.54) is 0 Å². The monoisotopic (exact) mass is 327 g/mol. The van der Waals surface area contributed by atoms with Gasteiger partial charge >= 0.3 is 11.8 Å². The number of methoxy groups -OCH3 is 1. The molecule has 0 unspecified atom stereocenters. The van der Waals surface area contributed by atoms with Crippen molar-refractivity contribution in [3.63, 3.8) is 0 Å². The summed E-state index contributed by atoms with van der Waals surface area (Å²) in [5.41, 5.74) is 8.33. The maximum Gasteiger partial charge on any atom is 0.309 e. The Morgan fingerprint density at radius 1 is 0.917 bits per heavy atom. The molecule has 6 heteroatoms. The fourth-order valence-corrected chi connectivity index (χ4v) is 2.14. The number of amides is 2. The van der Waals surface area contributed by atoms with Crippen LogP contribution >= 0.6 is 0 Å².